The third-order valence-electron chi connectivity index (χ3n) is 3.85. The second-order valence-electron chi connectivity index (χ2n) is 6.01. The SMILES string of the molecule is CC(CN1CCOCC1)NC(=O)CCNC(=O)c1cc(F)ccc1Br. The average Bonchev–Trinajstić information content (AvgIpc) is 2.57. The highest BCUT2D eigenvalue weighted by atomic mass is 79.9. The van der Waals surface area contributed by atoms with E-state index in [1.54, 1.807) is 0 Å². The number of carbonyl (C=O) groups is 2. The molecule has 2 amide bonds. The van der Waals surface area contributed by atoms with Crippen LogP contribution in [0.1, 0.15) is 23.7 Å². The number of benzene rings is 1. The zero-order chi connectivity index (χ0) is 18.2. The first-order valence-electron chi connectivity index (χ1n) is 8.28. The Balaban J connectivity index is 1.69. The lowest BCUT2D eigenvalue weighted by atomic mass is 10.2. The molecular formula is C17H23BrFN3O3. The molecule has 1 unspecified atom stereocenters. The van der Waals surface area contributed by atoms with Crippen molar-refractivity contribution in [3.05, 3.63) is 34.1 Å². The molecule has 1 aliphatic heterocycles. The van der Waals surface area contributed by atoms with E-state index in [0.717, 1.165) is 38.9 Å². The quantitative estimate of drug-likeness (QED) is 0.708. The zero-order valence-electron chi connectivity index (χ0n) is 14.2. The lowest BCUT2D eigenvalue weighted by Gasteiger charge is -2.29. The van der Waals surface area contributed by atoms with Gasteiger partial charge in [0.2, 0.25) is 5.91 Å². The molecule has 8 heteroatoms. The number of rotatable bonds is 7. The van der Waals surface area contributed by atoms with Crippen LogP contribution in [0.4, 0.5) is 4.39 Å². The Bertz CT molecular complexity index is 609. The van der Waals surface area contributed by atoms with Gasteiger partial charge in [-0.2, -0.15) is 0 Å². The average molecular weight is 416 g/mol. The molecule has 138 valence electrons. The molecule has 6 nitrogen and oxygen atoms in total. The van der Waals surface area contributed by atoms with E-state index in [4.69, 9.17) is 4.74 Å². The fourth-order valence-electron chi connectivity index (χ4n) is 2.62. The molecule has 0 saturated carbocycles. The molecule has 0 spiro atoms. The number of halogens is 2. The van der Waals surface area contributed by atoms with Crippen LogP contribution in [-0.4, -0.2) is 62.1 Å². The van der Waals surface area contributed by atoms with E-state index in [0.29, 0.717) is 4.47 Å². The highest BCUT2D eigenvalue weighted by Crippen LogP contribution is 2.17. The van der Waals surface area contributed by atoms with Crippen LogP contribution in [0.3, 0.4) is 0 Å². The lowest BCUT2D eigenvalue weighted by molar-refractivity contribution is -0.121. The number of hydrogen-bond donors (Lipinski definition) is 2. The van der Waals surface area contributed by atoms with Crippen molar-refractivity contribution in [2.24, 2.45) is 0 Å². The van der Waals surface area contributed by atoms with Gasteiger partial charge >= 0.3 is 0 Å². The molecule has 1 aromatic rings. The second kappa shape index (κ2) is 9.84. The molecule has 0 aromatic heterocycles. The van der Waals surface area contributed by atoms with Crippen molar-refractivity contribution < 1.29 is 18.7 Å². The van der Waals surface area contributed by atoms with Crippen molar-refractivity contribution in [1.29, 1.82) is 0 Å². The van der Waals surface area contributed by atoms with Crippen molar-refractivity contribution in [1.82, 2.24) is 15.5 Å². The number of amides is 2. The van der Waals surface area contributed by atoms with Crippen molar-refractivity contribution >= 4 is 27.7 Å². The molecule has 1 fully saturated rings. The Labute approximate surface area is 155 Å². The zero-order valence-corrected chi connectivity index (χ0v) is 15.8. The van der Waals surface area contributed by atoms with Crippen LogP contribution >= 0.6 is 15.9 Å². The Morgan fingerprint density at radius 3 is 2.80 bits per heavy atom. The molecule has 2 rings (SSSR count). The van der Waals surface area contributed by atoms with Crippen LogP contribution < -0.4 is 10.6 Å². The summed E-state index contributed by atoms with van der Waals surface area (Å²) in [6.07, 6.45) is 0.173. The summed E-state index contributed by atoms with van der Waals surface area (Å²) < 4.78 is 19.0. The lowest BCUT2D eigenvalue weighted by Crippen LogP contribution is -2.46. The van der Waals surface area contributed by atoms with Gasteiger partial charge in [-0.3, -0.25) is 14.5 Å². The number of nitrogens with one attached hydrogen (secondary N) is 2. The van der Waals surface area contributed by atoms with Gasteiger partial charge in [-0.1, -0.05) is 0 Å². The molecule has 1 atom stereocenters. The van der Waals surface area contributed by atoms with Gasteiger partial charge in [0.25, 0.3) is 5.91 Å². The third kappa shape index (κ3) is 6.72. The third-order valence-corrected chi connectivity index (χ3v) is 4.55. The standard InChI is InChI=1S/C17H23BrFN3O3/c1-12(11-22-6-8-25-9-7-22)21-16(23)4-5-20-17(24)14-10-13(19)2-3-15(14)18/h2-3,10,12H,4-9,11H2,1H3,(H,20,24)(H,21,23). The monoisotopic (exact) mass is 415 g/mol. The van der Waals surface area contributed by atoms with Gasteiger partial charge in [-0.05, 0) is 41.1 Å². The van der Waals surface area contributed by atoms with Crippen LogP contribution in [0.2, 0.25) is 0 Å². The summed E-state index contributed by atoms with van der Waals surface area (Å²) >= 11 is 3.21. The summed E-state index contributed by atoms with van der Waals surface area (Å²) in [5, 5.41) is 5.55. The summed E-state index contributed by atoms with van der Waals surface area (Å²) in [6.45, 7) is 6.12. The van der Waals surface area contributed by atoms with Crippen LogP contribution in [0.25, 0.3) is 0 Å². The number of morpholine rings is 1. The number of nitrogens with zero attached hydrogens (tertiary/aromatic N) is 1. The van der Waals surface area contributed by atoms with E-state index in [-0.39, 0.29) is 30.5 Å². The Morgan fingerprint density at radius 2 is 2.08 bits per heavy atom. The van der Waals surface area contributed by atoms with Gasteiger partial charge < -0.3 is 15.4 Å². The molecule has 0 bridgehead atoms. The number of ether oxygens (including phenoxy) is 1. The predicted octanol–water partition coefficient (Wildman–Crippen LogP) is 1.54. The fraction of sp³-hybridized carbons (Fsp3) is 0.529. The summed E-state index contributed by atoms with van der Waals surface area (Å²) in [7, 11) is 0. The first kappa shape index (κ1) is 19.8. The van der Waals surface area contributed by atoms with E-state index >= 15 is 0 Å². The van der Waals surface area contributed by atoms with Crippen molar-refractivity contribution in [2.45, 2.75) is 19.4 Å². The molecule has 1 heterocycles. The number of hydrogen-bond acceptors (Lipinski definition) is 4. The molecule has 1 aromatic carbocycles. The van der Waals surface area contributed by atoms with Crippen molar-refractivity contribution in [3.63, 3.8) is 0 Å². The highest BCUT2D eigenvalue weighted by molar-refractivity contribution is 9.10. The van der Waals surface area contributed by atoms with Crippen LogP contribution in [0, 0.1) is 5.82 Å². The van der Waals surface area contributed by atoms with Crippen molar-refractivity contribution in [2.75, 3.05) is 39.4 Å². The normalized spacial score (nSPS) is 16.3. The van der Waals surface area contributed by atoms with Gasteiger partial charge in [-0.15, -0.1) is 0 Å². The maximum atomic E-state index is 13.2. The van der Waals surface area contributed by atoms with Gasteiger partial charge in [-0.25, -0.2) is 4.39 Å². The minimum Gasteiger partial charge on any atom is -0.379 e. The van der Waals surface area contributed by atoms with Gasteiger partial charge in [0.1, 0.15) is 5.82 Å². The first-order valence-corrected chi connectivity index (χ1v) is 9.07. The second-order valence-corrected chi connectivity index (χ2v) is 6.87. The smallest absolute Gasteiger partial charge is 0.252 e. The number of carbonyl (C=O) groups excluding carboxylic acids is 2. The molecule has 0 radical (unpaired) electrons. The predicted molar refractivity (Wildman–Crippen MR) is 95.9 cm³/mol. The van der Waals surface area contributed by atoms with E-state index < -0.39 is 11.7 Å². The van der Waals surface area contributed by atoms with E-state index in [9.17, 15) is 14.0 Å². The van der Waals surface area contributed by atoms with Gasteiger partial charge in [0.15, 0.2) is 0 Å². The molecule has 1 aliphatic rings. The minimum atomic E-state index is -0.483. The van der Waals surface area contributed by atoms with Crippen LogP contribution in [0.5, 0.6) is 0 Å². The van der Waals surface area contributed by atoms with E-state index in [1.165, 1.54) is 12.1 Å². The van der Waals surface area contributed by atoms with Crippen molar-refractivity contribution in [3.8, 4) is 0 Å². The minimum absolute atomic E-state index is 0.0265. The summed E-state index contributed by atoms with van der Waals surface area (Å²) in [5.41, 5.74) is 0.209. The highest BCUT2D eigenvalue weighted by Gasteiger charge is 2.16. The Kier molecular flexibility index (Phi) is 7.80. The molecule has 1 saturated heterocycles. The maximum absolute atomic E-state index is 13.2. The van der Waals surface area contributed by atoms with Gasteiger partial charge in [0.05, 0.1) is 18.8 Å². The molecule has 25 heavy (non-hydrogen) atoms. The Hall–Kier alpha value is -1.51. The van der Waals surface area contributed by atoms with Crippen LogP contribution in [0.15, 0.2) is 22.7 Å². The van der Waals surface area contributed by atoms with E-state index in [1.807, 2.05) is 6.92 Å². The van der Waals surface area contributed by atoms with E-state index in [2.05, 4.69) is 31.5 Å². The molecule has 0 aliphatic carbocycles. The topological polar surface area (TPSA) is 70.7 Å². The maximum Gasteiger partial charge on any atom is 0.252 e. The molecular weight excluding hydrogens is 393 g/mol. The Morgan fingerprint density at radius 1 is 1.36 bits per heavy atom. The fourth-order valence-corrected chi connectivity index (χ4v) is 3.05. The summed E-state index contributed by atoms with van der Waals surface area (Å²) in [5.74, 6) is -1.03. The van der Waals surface area contributed by atoms with Gasteiger partial charge in [0, 0.05) is 43.1 Å². The summed E-state index contributed by atoms with van der Waals surface area (Å²) in [4.78, 5) is 26.2. The molecule has 2 N–H and O–H groups in total. The van der Waals surface area contributed by atoms with Crippen LogP contribution in [-0.2, 0) is 9.53 Å². The summed E-state index contributed by atoms with van der Waals surface area (Å²) in [6, 6.07) is 3.93. The largest absolute Gasteiger partial charge is 0.379 e. The first-order chi connectivity index (χ1) is 12.0.